The summed E-state index contributed by atoms with van der Waals surface area (Å²) in [5.41, 5.74) is 2.30. The standard InChI is InChI=1S/C33H37F3N2O8/c1-18(41)13-28(43)25(17-40)21(10-12-39)14-19-15-24-23(8-9-27(42)30(24)29(44)16-19)20-4-6-22(7-5-20)37-31(45)26-3-2-11-38(26)32(46)33(34,35)36/h4-9,19,21,25-26,39-40,42H,2-3,10-17H2,1H3,(H,37,45). The molecule has 2 amide bonds. The molecular weight excluding hydrogens is 609 g/mol. The number of likely N-dealkylation sites (tertiary alicyclic amines) is 1. The number of Topliss-reactive ketones (excluding diaryl/α,β-unsaturated/α-hetero) is 3. The molecule has 2 aromatic carbocycles. The lowest BCUT2D eigenvalue weighted by Crippen LogP contribution is -2.48. The second-order valence-corrected chi connectivity index (χ2v) is 12.0. The van der Waals surface area contributed by atoms with Gasteiger partial charge in [-0.2, -0.15) is 13.2 Å². The summed E-state index contributed by atoms with van der Waals surface area (Å²) in [4.78, 5) is 62.6. The van der Waals surface area contributed by atoms with E-state index < -0.39 is 48.3 Å². The zero-order chi connectivity index (χ0) is 33.8. The van der Waals surface area contributed by atoms with E-state index in [9.17, 15) is 52.5 Å². The zero-order valence-electron chi connectivity index (χ0n) is 25.3. The van der Waals surface area contributed by atoms with Crippen molar-refractivity contribution in [1.82, 2.24) is 4.90 Å². The summed E-state index contributed by atoms with van der Waals surface area (Å²) < 4.78 is 38.9. The third kappa shape index (κ3) is 7.81. The summed E-state index contributed by atoms with van der Waals surface area (Å²) in [7, 11) is 0. The molecule has 0 saturated carbocycles. The molecule has 46 heavy (non-hydrogen) atoms. The van der Waals surface area contributed by atoms with Crippen LogP contribution in [0.5, 0.6) is 5.75 Å². The predicted octanol–water partition coefficient (Wildman–Crippen LogP) is 3.84. The van der Waals surface area contributed by atoms with Crippen molar-refractivity contribution in [3.8, 4) is 16.9 Å². The van der Waals surface area contributed by atoms with Crippen molar-refractivity contribution < 1.29 is 52.5 Å². The number of fused-ring (bicyclic) bond motifs is 1. The lowest BCUT2D eigenvalue weighted by Gasteiger charge is -2.31. The molecule has 4 N–H and O–H groups in total. The van der Waals surface area contributed by atoms with Gasteiger partial charge in [0.15, 0.2) is 5.78 Å². The number of hydrogen-bond acceptors (Lipinski definition) is 8. The predicted molar refractivity (Wildman–Crippen MR) is 160 cm³/mol. The molecule has 2 aliphatic rings. The second-order valence-electron chi connectivity index (χ2n) is 12.0. The highest BCUT2D eigenvalue weighted by Gasteiger charge is 2.47. The van der Waals surface area contributed by atoms with E-state index in [1.54, 1.807) is 30.3 Å². The molecule has 0 spiro atoms. The molecule has 1 aliphatic heterocycles. The molecular formula is C33H37F3N2O8. The number of aliphatic hydroxyl groups excluding tert-OH is 2. The lowest BCUT2D eigenvalue weighted by molar-refractivity contribution is -0.186. The number of phenols is 1. The number of amides is 2. The van der Waals surface area contributed by atoms with Gasteiger partial charge in [-0.05, 0) is 85.8 Å². The molecule has 0 bridgehead atoms. The number of rotatable bonds is 12. The van der Waals surface area contributed by atoms with Crippen LogP contribution in [-0.4, -0.2) is 81.4 Å². The summed E-state index contributed by atoms with van der Waals surface area (Å²) in [5.74, 6) is -5.68. The molecule has 4 atom stereocenters. The maximum Gasteiger partial charge on any atom is 0.471 e. The number of aromatic hydroxyl groups is 1. The normalized spacial score (nSPS) is 19.3. The third-order valence-corrected chi connectivity index (χ3v) is 8.80. The van der Waals surface area contributed by atoms with Crippen LogP contribution in [0, 0.1) is 17.8 Å². The van der Waals surface area contributed by atoms with Crippen molar-refractivity contribution in [3.05, 3.63) is 47.5 Å². The van der Waals surface area contributed by atoms with Gasteiger partial charge in [-0.25, -0.2) is 0 Å². The first-order valence-electron chi connectivity index (χ1n) is 15.2. The number of anilines is 1. The Labute approximate surface area is 263 Å². The molecule has 4 rings (SSSR count). The number of nitrogens with zero attached hydrogens (tertiary/aromatic N) is 1. The van der Waals surface area contributed by atoms with Crippen LogP contribution in [0.3, 0.4) is 0 Å². The van der Waals surface area contributed by atoms with E-state index >= 15 is 0 Å². The highest BCUT2D eigenvalue weighted by molar-refractivity contribution is 6.03. The molecule has 1 saturated heterocycles. The number of halogens is 3. The number of ketones is 3. The van der Waals surface area contributed by atoms with Gasteiger partial charge in [0.2, 0.25) is 5.91 Å². The van der Waals surface area contributed by atoms with Crippen LogP contribution in [0.15, 0.2) is 36.4 Å². The van der Waals surface area contributed by atoms with E-state index in [0.717, 1.165) is 0 Å². The van der Waals surface area contributed by atoms with Crippen LogP contribution in [0.4, 0.5) is 18.9 Å². The lowest BCUT2D eigenvalue weighted by atomic mass is 9.72. The summed E-state index contributed by atoms with van der Waals surface area (Å²) in [5, 5.41) is 32.8. The third-order valence-electron chi connectivity index (χ3n) is 8.80. The van der Waals surface area contributed by atoms with Crippen LogP contribution in [0.1, 0.15) is 61.4 Å². The minimum Gasteiger partial charge on any atom is -0.507 e. The molecule has 248 valence electrons. The smallest absolute Gasteiger partial charge is 0.471 e. The van der Waals surface area contributed by atoms with Gasteiger partial charge < -0.3 is 25.5 Å². The fraction of sp³-hybridized carbons (Fsp3) is 0.485. The largest absolute Gasteiger partial charge is 0.507 e. The van der Waals surface area contributed by atoms with Gasteiger partial charge in [-0.3, -0.25) is 24.0 Å². The summed E-state index contributed by atoms with van der Waals surface area (Å²) in [6.45, 7) is 0.359. The molecule has 0 radical (unpaired) electrons. The first kappa shape index (κ1) is 34.8. The number of carbonyl (C=O) groups is 5. The monoisotopic (exact) mass is 646 g/mol. The molecule has 1 fully saturated rings. The van der Waals surface area contributed by atoms with Gasteiger partial charge in [0.05, 0.1) is 18.6 Å². The Bertz CT molecular complexity index is 1490. The number of hydrogen-bond donors (Lipinski definition) is 4. The average Bonchev–Trinajstić information content (AvgIpc) is 3.47. The van der Waals surface area contributed by atoms with Crippen molar-refractivity contribution >= 4 is 34.9 Å². The summed E-state index contributed by atoms with van der Waals surface area (Å²) in [6, 6.07) is 8.20. The van der Waals surface area contributed by atoms with E-state index in [-0.39, 0.29) is 74.1 Å². The first-order valence-corrected chi connectivity index (χ1v) is 15.2. The topological polar surface area (TPSA) is 161 Å². The fourth-order valence-electron chi connectivity index (χ4n) is 6.69. The molecule has 2 aromatic rings. The van der Waals surface area contributed by atoms with Crippen LogP contribution in [0.25, 0.3) is 11.1 Å². The van der Waals surface area contributed by atoms with E-state index in [1.807, 2.05) is 0 Å². The number of carbonyl (C=O) groups excluding carboxylic acids is 5. The number of nitrogens with one attached hydrogen (secondary N) is 1. The molecule has 13 heteroatoms. The molecule has 0 aromatic heterocycles. The van der Waals surface area contributed by atoms with Crippen molar-refractivity contribution in [3.63, 3.8) is 0 Å². The number of benzene rings is 2. The number of phenolic OH excluding ortho intramolecular Hbond substituents is 1. The van der Waals surface area contributed by atoms with Crippen LogP contribution >= 0.6 is 0 Å². The first-order chi connectivity index (χ1) is 21.7. The summed E-state index contributed by atoms with van der Waals surface area (Å²) >= 11 is 0. The van der Waals surface area contributed by atoms with Crippen molar-refractivity contribution in [1.29, 1.82) is 0 Å². The highest BCUT2D eigenvalue weighted by Crippen LogP contribution is 2.41. The minimum absolute atomic E-state index is 0.0744. The number of alkyl halides is 3. The fourth-order valence-corrected chi connectivity index (χ4v) is 6.69. The van der Waals surface area contributed by atoms with E-state index in [0.29, 0.717) is 40.1 Å². The van der Waals surface area contributed by atoms with Crippen LogP contribution in [-0.2, 0) is 25.6 Å². The van der Waals surface area contributed by atoms with Crippen LogP contribution < -0.4 is 5.32 Å². The molecule has 1 heterocycles. The van der Waals surface area contributed by atoms with Gasteiger partial charge in [0.1, 0.15) is 23.4 Å². The Morgan fingerprint density at radius 1 is 1.04 bits per heavy atom. The Morgan fingerprint density at radius 2 is 1.74 bits per heavy atom. The van der Waals surface area contributed by atoms with Gasteiger partial charge in [-0.1, -0.05) is 18.2 Å². The average molecular weight is 647 g/mol. The SMILES string of the molecule is CC(=O)CC(=O)C(CO)C(CCO)CC1CC(=O)c2c(O)ccc(-c3ccc(NC(=O)C4CCCN4C(=O)C(F)(F)F)cc3)c2C1. The maximum absolute atomic E-state index is 13.3. The van der Waals surface area contributed by atoms with Gasteiger partial charge >= 0.3 is 12.1 Å². The van der Waals surface area contributed by atoms with Gasteiger partial charge in [0.25, 0.3) is 0 Å². The van der Waals surface area contributed by atoms with Gasteiger partial charge in [-0.15, -0.1) is 0 Å². The van der Waals surface area contributed by atoms with Crippen LogP contribution in [0.2, 0.25) is 0 Å². The van der Waals surface area contributed by atoms with Gasteiger partial charge in [0, 0.05) is 31.2 Å². The van der Waals surface area contributed by atoms with E-state index in [4.69, 9.17) is 0 Å². The minimum atomic E-state index is -5.08. The quantitative estimate of drug-likeness (QED) is 0.253. The molecule has 10 nitrogen and oxygen atoms in total. The number of aliphatic hydroxyl groups is 2. The van der Waals surface area contributed by atoms with Crippen molar-refractivity contribution in [2.75, 3.05) is 25.1 Å². The maximum atomic E-state index is 13.3. The Balaban J connectivity index is 1.54. The van der Waals surface area contributed by atoms with E-state index in [1.165, 1.54) is 13.0 Å². The van der Waals surface area contributed by atoms with E-state index in [2.05, 4.69) is 5.32 Å². The Kier molecular flexibility index (Phi) is 11.0. The molecule has 4 unspecified atom stereocenters. The molecule has 1 aliphatic carbocycles. The Hall–Kier alpha value is -4.10. The van der Waals surface area contributed by atoms with Crippen molar-refractivity contribution in [2.24, 2.45) is 17.8 Å². The van der Waals surface area contributed by atoms with Crippen molar-refractivity contribution in [2.45, 2.75) is 64.1 Å². The highest BCUT2D eigenvalue weighted by atomic mass is 19.4. The summed E-state index contributed by atoms with van der Waals surface area (Å²) in [6.07, 6.45) is -4.13. The Morgan fingerprint density at radius 3 is 2.35 bits per heavy atom. The zero-order valence-corrected chi connectivity index (χ0v) is 25.3. The second kappa shape index (κ2) is 14.5.